The van der Waals surface area contributed by atoms with Crippen molar-refractivity contribution in [2.45, 2.75) is 40.5 Å². The van der Waals surface area contributed by atoms with Crippen LogP contribution in [0.5, 0.6) is 0 Å². The Morgan fingerprint density at radius 1 is 1.38 bits per heavy atom. The van der Waals surface area contributed by atoms with Crippen LogP contribution in [-0.4, -0.2) is 13.1 Å². The van der Waals surface area contributed by atoms with Crippen LogP contribution in [0.25, 0.3) is 0 Å². The summed E-state index contributed by atoms with van der Waals surface area (Å²) < 4.78 is 0. The van der Waals surface area contributed by atoms with Gasteiger partial charge in [-0.05, 0) is 30.8 Å². The molecule has 1 atom stereocenters. The predicted molar refractivity (Wildman–Crippen MR) is 56.3 cm³/mol. The van der Waals surface area contributed by atoms with Gasteiger partial charge in [-0.3, -0.25) is 0 Å². The number of unbranched alkanes of at least 4 members (excludes halogenated alkanes) is 1. The summed E-state index contributed by atoms with van der Waals surface area (Å²) in [5.41, 5.74) is 0.377. The zero-order valence-electron chi connectivity index (χ0n) is 9.35. The lowest BCUT2D eigenvalue weighted by Gasteiger charge is -2.27. The number of hydrogen-bond donors (Lipinski definition) is 1. The molecule has 1 N–H and O–H groups in total. The lowest BCUT2D eigenvalue weighted by Crippen LogP contribution is -2.30. The van der Waals surface area contributed by atoms with Crippen molar-refractivity contribution >= 4 is 0 Å². The molecule has 0 aromatic rings. The van der Waals surface area contributed by atoms with E-state index in [9.17, 15) is 0 Å². The number of rotatable bonds is 5. The van der Waals surface area contributed by atoms with Gasteiger partial charge >= 0.3 is 0 Å². The summed E-state index contributed by atoms with van der Waals surface area (Å²) in [5.74, 6) is 0.676. The van der Waals surface area contributed by atoms with Gasteiger partial charge in [-0.1, -0.05) is 27.7 Å². The largest absolute Gasteiger partial charge is 0.316 e. The van der Waals surface area contributed by atoms with Crippen molar-refractivity contribution < 1.29 is 0 Å². The summed E-state index contributed by atoms with van der Waals surface area (Å²) in [4.78, 5) is 0. The summed E-state index contributed by atoms with van der Waals surface area (Å²) in [7, 11) is 0. The molecule has 0 aliphatic heterocycles. The van der Waals surface area contributed by atoms with Crippen LogP contribution in [-0.2, 0) is 0 Å². The van der Waals surface area contributed by atoms with Crippen LogP contribution >= 0.6 is 0 Å². The third-order valence-electron chi connectivity index (χ3n) is 2.57. The molecule has 0 saturated heterocycles. The molecule has 0 heterocycles. The lowest BCUT2D eigenvalue weighted by atomic mass is 9.82. The molecule has 0 saturated carbocycles. The fraction of sp³-hybridized carbons (Fsp3) is 0.909. The summed E-state index contributed by atoms with van der Waals surface area (Å²) in [6.45, 7) is 11.1. The first-order chi connectivity index (χ1) is 5.98. The molecular formula is C11H22N2. The highest BCUT2D eigenvalue weighted by atomic mass is 14.9. The Kier molecular flexibility index (Phi) is 5.73. The predicted octanol–water partition coefficient (Wildman–Crippen LogP) is 2.56. The monoisotopic (exact) mass is 182 g/mol. The molecule has 0 spiro atoms. The smallest absolute Gasteiger partial charge is 0.0622 e. The lowest BCUT2D eigenvalue weighted by molar-refractivity contribution is 0.253. The molecule has 0 rings (SSSR count). The van der Waals surface area contributed by atoms with Gasteiger partial charge in [0.15, 0.2) is 0 Å². The zero-order chi connectivity index (χ0) is 10.3. The Bertz CT molecular complexity index is 162. The van der Waals surface area contributed by atoms with Gasteiger partial charge in [-0.25, -0.2) is 0 Å². The van der Waals surface area contributed by atoms with E-state index in [-0.39, 0.29) is 0 Å². The highest BCUT2D eigenvalue weighted by molar-refractivity contribution is 4.73. The SMILES string of the molecule is CC(CNCCCC#N)C(C)(C)C. The number of hydrogen-bond acceptors (Lipinski definition) is 2. The molecule has 0 aliphatic carbocycles. The average molecular weight is 182 g/mol. The van der Waals surface area contributed by atoms with Crippen LogP contribution in [0.4, 0.5) is 0 Å². The quantitative estimate of drug-likeness (QED) is 0.663. The van der Waals surface area contributed by atoms with Crippen molar-refractivity contribution in [1.82, 2.24) is 5.32 Å². The fourth-order valence-electron chi connectivity index (χ4n) is 0.917. The Hall–Kier alpha value is -0.550. The second kappa shape index (κ2) is 5.99. The molecule has 0 aromatic carbocycles. The Morgan fingerprint density at radius 3 is 2.46 bits per heavy atom. The van der Waals surface area contributed by atoms with Crippen LogP contribution in [0.2, 0.25) is 0 Å². The molecule has 2 heteroatoms. The van der Waals surface area contributed by atoms with Crippen LogP contribution in [0, 0.1) is 22.7 Å². The molecule has 1 unspecified atom stereocenters. The summed E-state index contributed by atoms with van der Waals surface area (Å²) in [6, 6.07) is 2.15. The van der Waals surface area contributed by atoms with Crippen molar-refractivity contribution in [3.05, 3.63) is 0 Å². The van der Waals surface area contributed by atoms with E-state index in [1.165, 1.54) is 0 Å². The minimum absolute atomic E-state index is 0.377. The molecule has 2 nitrogen and oxygen atoms in total. The van der Waals surface area contributed by atoms with Gasteiger partial charge in [0.05, 0.1) is 6.07 Å². The second-order valence-electron chi connectivity index (χ2n) is 4.73. The van der Waals surface area contributed by atoms with E-state index in [1.807, 2.05) is 0 Å². The molecule has 0 fully saturated rings. The number of nitrogens with one attached hydrogen (secondary N) is 1. The van der Waals surface area contributed by atoms with Gasteiger partial charge in [0.2, 0.25) is 0 Å². The second-order valence-corrected chi connectivity index (χ2v) is 4.73. The maximum absolute atomic E-state index is 8.33. The van der Waals surface area contributed by atoms with Gasteiger partial charge in [-0.15, -0.1) is 0 Å². The van der Waals surface area contributed by atoms with Crippen molar-refractivity contribution in [3.8, 4) is 6.07 Å². The third-order valence-corrected chi connectivity index (χ3v) is 2.57. The van der Waals surface area contributed by atoms with Crippen molar-refractivity contribution in [3.63, 3.8) is 0 Å². The molecule has 76 valence electrons. The Morgan fingerprint density at radius 2 is 2.00 bits per heavy atom. The molecule has 0 aliphatic rings. The Balaban J connectivity index is 3.39. The molecule has 0 amide bonds. The van der Waals surface area contributed by atoms with Crippen LogP contribution in [0.15, 0.2) is 0 Å². The van der Waals surface area contributed by atoms with Crippen molar-refractivity contribution in [2.24, 2.45) is 11.3 Å². The Labute approximate surface area is 82.3 Å². The number of nitrogens with zero attached hydrogens (tertiary/aromatic N) is 1. The van der Waals surface area contributed by atoms with E-state index >= 15 is 0 Å². The highest BCUT2D eigenvalue weighted by Gasteiger charge is 2.18. The first-order valence-electron chi connectivity index (χ1n) is 5.06. The zero-order valence-corrected chi connectivity index (χ0v) is 9.35. The highest BCUT2D eigenvalue weighted by Crippen LogP contribution is 2.24. The first-order valence-corrected chi connectivity index (χ1v) is 5.06. The van der Waals surface area contributed by atoms with E-state index in [0.29, 0.717) is 17.8 Å². The summed E-state index contributed by atoms with van der Waals surface area (Å²) >= 11 is 0. The van der Waals surface area contributed by atoms with Crippen LogP contribution < -0.4 is 5.32 Å². The van der Waals surface area contributed by atoms with Gasteiger partial charge in [-0.2, -0.15) is 5.26 Å². The third kappa shape index (κ3) is 6.60. The minimum atomic E-state index is 0.377. The maximum atomic E-state index is 8.33. The molecular weight excluding hydrogens is 160 g/mol. The molecule has 0 bridgehead atoms. The molecule has 0 radical (unpaired) electrons. The van der Waals surface area contributed by atoms with Gasteiger partial charge in [0, 0.05) is 6.42 Å². The summed E-state index contributed by atoms with van der Waals surface area (Å²) in [5, 5.41) is 11.7. The molecule has 13 heavy (non-hydrogen) atoms. The standard InChI is InChI=1S/C11H22N2/c1-10(11(2,3)4)9-13-8-6-5-7-12/h10,13H,5-6,8-9H2,1-4H3. The van der Waals surface area contributed by atoms with Crippen LogP contribution in [0.3, 0.4) is 0 Å². The first kappa shape index (κ1) is 12.4. The van der Waals surface area contributed by atoms with E-state index in [0.717, 1.165) is 19.5 Å². The van der Waals surface area contributed by atoms with E-state index in [4.69, 9.17) is 5.26 Å². The van der Waals surface area contributed by atoms with Crippen molar-refractivity contribution in [1.29, 1.82) is 5.26 Å². The van der Waals surface area contributed by atoms with Crippen LogP contribution in [0.1, 0.15) is 40.5 Å². The molecule has 0 aromatic heterocycles. The van der Waals surface area contributed by atoms with Gasteiger partial charge in [0.1, 0.15) is 0 Å². The normalized spacial score (nSPS) is 13.8. The minimum Gasteiger partial charge on any atom is -0.316 e. The fourth-order valence-corrected chi connectivity index (χ4v) is 0.917. The summed E-state index contributed by atoms with van der Waals surface area (Å²) in [6.07, 6.45) is 1.63. The topological polar surface area (TPSA) is 35.8 Å². The number of nitriles is 1. The van der Waals surface area contributed by atoms with E-state index < -0.39 is 0 Å². The van der Waals surface area contributed by atoms with Gasteiger partial charge in [0.25, 0.3) is 0 Å². The maximum Gasteiger partial charge on any atom is 0.0622 e. The van der Waals surface area contributed by atoms with Crippen molar-refractivity contribution in [2.75, 3.05) is 13.1 Å². The van der Waals surface area contributed by atoms with Gasteiger partial charge < -0.3 is 5.32 Å². The van der Waals surface area contributed by atoms with E-state index in [1.54, 1.807) is 0 Å². The average Bonchev–Trinajstić information content (AvgIpc) is 2.02. The van der Waals surface area contributed by atoms with E-state index in [2.05, 4.69) is 39.1 Å².